The highest BCUT2D eigenvalue weighted by atomic mass is 14.9. The molecule has 1 aliphatic carbocycles. The zero-order valence-corrected chi connectivity index (χ0v) is 9.21. The molecule has 15 heavy (non-hydrogen) atoms. The van der Waals surface area contributed by atoms with Crippen molar-refractivity contribution in [1.82, 2.24) is 5.32 Å². The van der Waals surface area contributed by atoms with Gasteiger partial charge in [-0.3, -0.25) is 0 Å². The summed E-state index contributed by atoms with van der Waals surface area (Å²) in [6.45, 7) is 2.35. The topological polar surface area (TPSA) is 12.0 Å². The fraction of sp³-hybridized carbons (Fsp3) is 0.571. The molecule has 3 rings (SSSR count). The van der Waals surface area contributed by atoms with Crippen molar-refractivity contribution >= 4 is 0 Å². The number of nitrogens with one attached hydrogen (secondary N) is 1. The van der Waals surface area contributed by atoms with Crippen LogP contribution in [0.2, 0.25) is 0 Å². The number of hydrogen-bond acceptors (Lipinski definition) is 1. The molecule has 0 spiro atoms. The minimum atomic E-state index is 0.789. The summed E-state index contributed by atoms with van der Waals surface area (Å²) in [7, 11) is 0. The molecule has 2 aliphatic rings. The maximum Gasteiger partial charge on any atom is 0.00230 e. The van der Waals surface area contributed by atoms with Crippen molar-refractivity contribution < 1.29 is 0 Å². The van der Waals surface area contributed by atoms with E-state index in [1.54, 1.807) is 11.1 Å². The Morgan fingerprint density at radius 1 is 1.13 bits per heavy atom. The van der Waals surface area contributed by atoms with Gasteiger partial charge in [0, 0.05) is 6.54 Å². The molecule has 1 atom stereocenters. The largest absolute Gasteiger partial charge is 0.316 e. The molecule has 1 fully saturated rings. The fourth-order valence-corrected chi connectivity index (χ4v) is 2.98. The lowest BCUT2D eigenvalue weighted by Gasteiger charge is -2.34. The predicted octanol–water partition coefficient (Wildman–Crippen LogP) is 2.72. The van der Waals surface area contributed by atoms with E-state index in [9.17, 15) is 0 Å². The van der Waals surface area contributed by atoms with Crippen LogP contribution in [0.4, 0.5) is 0 Å². The van der Waals surface area contributed by atoms with Crippen LogP contribution in [0.15, 0.2) is 24.3 Å². The van der Waals surface area contributed by atoms with E-state index in [4.69, 9.17) is 0 Å². The Hall–Kier alpha value is -0.820. The van der Waals surface area contributed by atoms with E-state index in [1.807, 2.05) is 0 Å². The van der Waals surface area contributed by atoms with Crippen LogP contribution in [0, 0.1) is 5.92 Å². The molecule has 1 aromatic carbocycles. The van der Waals surface area contributed by atoms with Gasteiger partial charge in [-0.1, -0.05) is 30.7 Å². The molecule has 80 valence electrons. The standard InChI is InChI=1S/C14H19N/c1-2-7-13-12(4-1)8-9-15-10-14(13)11-5-3-6-11/h1-2,4,7,11,14-15H,3,5-6,8-10H2. The van der Waals surface area contributed by atoms with Crippen molar-refractivity contribution in [1.29, 1.82) is 0 Å². The first-order valence-electron chi connectivity index (χ1n) is 6.23. The molecule has 0 aromatic heterocycles. The first-order chi connectivity index (χ1) is 7.45. The van der Waals surface area contributed by atoms with Gasteiger partial charge in [-0.15, -0.1) is 0 Å². The molecule has 0 bridgehead atoms. The summed E-state index contributed by atoms with van der Waals surface area (Å²) in [6, 6.07) is 9.05. The third kappa shape index (κ3) is 1.69. The van der Waals surface area contributed by atoms with Crippen LogP contribution in [0.25, 0.3) is 0 Å². The Balaban J connectivity index is 1.94. The molecule has 1 aromatic rings. The number of rotatable bonds is 1. The molecule has 0 radical (unpaired) electrons. The third-order valence-corrected chi connectivity index (χ3v) is 4.11. The van der Waals surface area contributed by atoms with Crippen molar-refractivity contribution in [2.45, 2.75) is 31.6 Å². The van der Waals surface area contributed by atoms with Crippen molar-refractivity contribution in [2.24, 2.45) is 5.92 Å². The average molecular weight is 201 g/mol. The molecule has 1 heteroatoms. The SMILES string of the molecule is c1ccc2c(c1)CCNCC2C1CCC1. The summed E-state index contributed by atoms with van der Waals surface area (Å²) in [5.41, 5.74) is 3.21. The lowest BCUT2D eigenvalue weighted by molar-refractivity contribution is 0.257. The van der Waals surface area contributed by atoms with Crippen LogP contribution in [-0.2, 0) is 6.42 Å². The Morgan fingerprint density at radius 2 is 2.00 bits per heavy atom. The summed E-state index contributed by atoms with van der Waals surface area (Å²) < 4.78 is 0. The Kier molecular flexibility index (Phi) is 2.49. The Morgan fingerprint density at radius 3 is 2.80 bits per heavy atom. The second-order valence-corrected chi connectivity index (χ2v) is 4.95. The summed E-state index contributed by atoms with van der Waals surface area (Å²) in [5.74, 6) is 1.74. The second kappa shape index (κ2) is 3.97. The normalized spacial score (nSPS) is 26.5. The first kappa shape index (κ1) is 9.41. The molecular weight excluding hydrogens is 182 g/mol. The maximum absolute atomic E-state index is 3.59. The van der Waals surface area contributed by atoms with E-state index in [1.165, 1.54) is 32.2 Å². The highest BCUT2D eigenvalue weighted by molar-refractivity contribution is 5.33. The molecule has 0 saturated heterocycles. The summed E-state index contributed by atoms with van der Waals surface area (Å²) in [5, 5.41) is 3.59. The predicted molar refractivity (Wildman–Crippen MR) is 63.1 cm³/mol. The average Bonchev–Trinajstić information content (AvgIpc) is 2.39. The fourth-order valence-electron chi connectivity index (χ4n) is 2.98. The van der Waals surface area contributed by atoms with Gasteiger partial charge in [0.2, 0.25) is 0 Å². The van der Waals surface area contributed by atoms with Crippen LogP contribution >= 0.6 is 0 Å². The van der Waals surface area contributed by atoms with Crippen molar-refractivity contribution in [2.75, 3.05) is 13.1 Å². The molecule has 1 saturated carbocycles. The highest BCUT2D eigenvalue weighted by Gasteiger charge is 2.30. The lowest BCUT2D eigenvalue weighted by Crippen LogP contribution is -2.28. The van der Waals surface area contributed by atoms with E-state index in [0.29, 0.717) is 0 Å². The zero-order chi connectivity index (χ0) is 10.1. The van der Waals surface area contributed by atoms with Gasteiger partial charge in [0.05, 0.1) is 0 Å². The number of fused-ring (bicyclic) bond motifs is 1. The zero-order valence-electron chi connectivity index (χ0n) is 9.21. The van der Waals surface area contributed by atoms with E-state index in [0.717, 1.165) is 18.4 Å². The minimum absolute atomic E-state index is 0.789. The van der Waals surface area contributed by atoms with Crippen LogP contribution in [0.1, 0.15) is 36.3 Å². The molecule has 1 aliphatic heterocycles. The smallest absolute Gasteiger partial charge is 0.00230 e. The highest BCUT2D eigenvalue weighted by Crippen LogP contribution is 2.40. The van der Waals surface area contributed by atoms with E-state index >= 15 is 0 Å². The molecular formula is C14H19N. The van der Waals surface area contributed by atoms with Gasteiger partial charge in [-0.2, -0.15) is 0 Å². The minimum Gasteiger partial charge on any atom is -0.316 e. The van der Waals surface area contributed by atoms with E-state index in [2.05, 4.69) is 29.6 Å². The quantitative estimate of drug-likeness (QED) is 0.736. The summed E-state index contributed by atoms with van der Waals surface area (Å²) >= 11 is 0. The third-order valence-electron chi connectivity index (χ3n) is 4.11. The van der Waals surface area contributed by atoms with Gasteiger partial charge >= 0.3 is 0 Å². The van der Waals surface area contributed by atoms with E-state index in [-0.39, 0.29) is 0 Å². The first-order valence-corrected chi connectivity index (χ1v) is 6.23. The lowest BCUT2D eigenvalue weighted by atomic mass is 9.72. The molecule has 0 amide bonds. The van der Waals surface area contributed by atoms with E-state index < -0.39 is 0 Å². The van der Waals surface area contributed by atoms with Gasteiger partial charge < -0.3 is 5.32 Å². The number of hydrogen-bond donors (Lipinski definition) is 1. The van der Waals surface area contributed by atoms with Crippen LogP contribution in [0.5, 0.6) is 0 Å². The molecule has 1 heterocycles. The van der Waals surface area contributed by atoms with Gasteiger partial charge in [0.15, 0.2) is 0 Å². The second-order valence-electron chi connectivity index (χ2n) is 4.95. The Labute approximate surface area is 91.9 Å². The summed E-state index contributed by atoms with van der Waals surface area (Å²) in [6.07, 6.45) is 5.55. The van der Waals surface area contributed by atoms with Gasteiger partial charge in [-0.25, -0.2) is 0 Å². The van der Waals surface area contributed by atoms with Crippen LogP contribution in [0.3, 0.4) is 0 Å². The van der Waals surface area contributed by atoms with Gasteiger partial charge in [0.1, 0.15) is 0 Å². The van der Waals surface area contributed by atoms with Crippen molar-refractivity contribution in [3.8, 4) is 0 Å². The maximum atomic E-state index is 3.59. The van der Waals surface area contributed by atoms with Crippen LogP contribution in [-0.4, -0.2) is 13.1 Å². The molecule has 1 unspecified atom stereocenters. The van der Waals surface area contributed by atoms with Gasteiger partial charge in [-0.05, 0) is 48.8 Å². The van der Waals surface area contributed by atoms with Gasteiger partial charge in [0.25, 0.3) is 0 Å². The van der Waals surface area contributed by atoms with Crippen molar-refractivity contribution in [3.63, 3.8) is 0 Å². The van der Waals surface area contributed by atoms with Crippen LogP contribution < -0.4 is 5.32 Å². The monoisotopic (exact) mass is 201 g/mol. The molecule has 1 N–H and O–H groups in total. The Bertz CT molecular complexity index is 341. The summed E-state index contributed by atoms with van der Waals surface area (Å²) in [4.78, 5) is 0. The molecule has 1 nitrogen and oxygen atoms in total. The van der Waals surface area contributed by atoms with Crippen molar-refractivity contribution in [3.05, 3.63) is 35.4 Å². The number of benzene rings is 1.